The maximum absolute atomic E-state index is 12.4. The van der Waals surface area contributed by atoms with Gasteiger partial charge in [-0.3, -0.25) is 9.59 Å². The van der Waals surface area contributed by atoms with Gasteiger partial charge in [0.25, 0.3) is 5.91 Å². The first kappa shape index (κ1) is 13.5. The van der Waals surface area contributed by atoms with Gasteiger partial charge in [0.05, 0.1) is 5.56 Å². The Morgan fingerprint density at radius 2 is 1.74 bits per heavy atom. The van der Waals surface area contributed by atoms with Crippen LogP contribution >= 0.6 is 0 Å². The van der Waals surface area contributed by atoms with Crippen molar-refractivity contribution in [1.29, 1.82) is 0 Å². The monoisotopic (exact) mass is 262 g/mol. The number of esters is 1. The predicted molar refractivity (Wildman–Crippen MR) is 71.2 cm³/mol. The van der Waals surface area contributed by atoms with Crippen molar-refractivity contribution in [2.24, 2.45) is 0 Å². The molecule has 0 unspecified atom stereocenters. The Balaban J connectivity index is 2.16. The molecule has 0 atom stereocenters. The predicted octanol–water partition coefficient (Wildman–Crippen LogP) is 1.000. The number of carbonyl (C=O) groups is 2. The summed E-state index contributed by atoms with van der Waals surface area (Å²) in [6.07, 6.45) is 0. The van der Waals surface area contributed by atoms with Gasteiger partial charge in [-0.25, -0.2) is 0 Å². The van der Waals surface area contributed by atoms with E-state index in [2.05, 4.69) is 4.90 Å². The van der Waals surface area contributed by atoms with Crippen molar-refractivity contribution < 1.29 is 14.3 Å². The molecule has 0 aromatic heterocycles. The Labute approximate surface area is 112 Å². The van der Waals surface area contributed by atoms with Gasteiger partial charge in [0.15, 0.2) is 0 Å². The van der Waals surface area contributed by atoms with E-state index in [0.29, 0.717) is 24.4 Å². The van der Waals surface area contributed by atoms with Crippen molar-refractivity contribution >= 4 is 11.9 Å². The molecule has 5 heteroatoms. The number of ether oxygens (including phenoxy) is 1. The molecule has 0 bridgehead atoms. The lowest BCUT2D eigenvalue weighted by molar-refractivity contribution is -0.131. The van der Waals surface area contributed by atoms with Crippen molar-refractivity contribution in [2.75, 3.05) is 33.2 Å². The molecular weight excluding hydrogens is 244 g/mol. The third-order valence-corrected chi connectivity index (χ3v) is 3.16. The average molecular weight is 262 g/mol. The third kappa shape index (κ3) is 3.32. The summed E-state index contributed by atoms with van der Waals surface area (Å²) < 4.78 is 5.08. The minimum Gasteiger partial charge on any atom is -0.426 e. The van der Waals surface area contributed by atoms with E-state index >= 15 is 0 Å². The van der Waals surface area contributed by atoms with Crippen LogP contribution in [0.2, 0.25) is 0 Å². The molecule has 1 aliphatic heterocycles. The number of hydrogen-bond acceptors (Lipinski definition) is 4. The molecule has 2 rings (SSSR count). The van der Waals surface area contributed by atoms with Crippen LogP contribution in [0.4, 0.5) is 0 Å². The highest BCUT2D eigenvalue weighted by atomic mass is 16.5. The number of piperazine rings is 1. The van der Waals surface area contributed by atoms with E-state index in [9.17, 15) is 9.59 Å². The average Bonchev–Trinajstić information content (AvgIpc) is 2.39. The summed E-state index contributed by atoms with van der Waals surface area (Å²) in [4.78, 5) is 27.5. The number of rotatable bonds is 2. The molecule has 102 valence electrons. The van der Waals surface area contributed by atoms with Crippen molar-refractivity contribution in [2.45, 2.75) is 6.92 Å². The molecule has 1 fully saturated rings. The zero-order valence-electron chi connectivity index (χ0n) is 11.3. The lowest BCUT2D eigenvalue weighted by Crippen LogP contribution is -2.47. The van der Waals surface area contributed by atoms with Crippen molar-refractivity contribution in [3.8, 4) is 5.75 Å². The Kier molecular flexibility index (Phi) is 4.16. The first-order chi connectivity index (χ1) is 9.08. The Hall–Kier alpha value is -1.88. The van der Waals surface area contributed by atoms with Crippen LogP contribution in [0.15, 0.2) is 24.3 Å². The molecule has 0 radical (unpaired) electrons. The van der Waals surface area contributed by atoms with E-state index in [1.807, 2.05) is 7.05 Å². The number of benzene rings is 1. The van der Waals surface area contributed by atoms with Gasteiger partial charge in [-0.05, 0) is 19.2 Å². The number of likely N-dealkylation sites (N-methyl/N-ethyl adjacent to an activating group) is 1. The summed E-state index contributed by atoms with van der Waals surface area (Å²) in [6, 6.07) is 6.86. The molecule has 5 nitrogen and oxygen atoms in total. The zero-order chi connectivity index (χ0) is 13.8. The molecule has 19 heavy (non-hydrogen) atoms. The Morgan fingerprint density at radius 1 is 1.11 bits per heavy atom. The second-order valence-corrected chi connectivity index (χ2v) is 4.69. The minimum atomic E-state index is -0.418. The second kappa shape index (κ2) is 5.84. The lowest BCUT2D eigenvalue weighted by atomic mass is 10.1. The zero-order valence-corrected chi connectivity index (χ0v) is 11.3. The van der Waals surface area contributed by atoms with Crippen LogP contribution in [-0.4, -0.2) is 54.9 Å². The van der Waals surface area contributed by atoms with Gasteiger partial charge in [0.2, 0.25) is 0 Å². The number of nitrogens with zero attached hydrogens (tertiary/aromatic N) is 2. The summed E-state index contributed by atoms with van der Waals surface area (Å²) in [5.41, 5.74) is 0.447. The summed E-state index contributed by atoms with van der Waals surface area (Å²) in [6.45, 7) is 4.45. The second-order valence-electron chi connectivity index (χ2n) is 4.69. The highest BCUT2D eigenvalue weighted by molar-refractivity contribution is 5.97. The summed E-state index contributed by atoms with van der Waals surface area (Å²) in [5.74, 6) is -0.164. The SMILES string of the molecule is CC(=O)Oc1ccccc1C(=O)N1CCN(C)CC1. The van der Waals surface area contributed by atoms with Gasteiger partial charge < -0.3 is 14.5 Å². The quantitative estimate of drug-likeness (QED) is 0.589. The fourth-order valence-electron chi connectivity index (χ4n) is 2.07. The molecule has 0 saturated carbocycles. The van der Waals surface area contributed by atoms with Crippen LogP contribution in [0, 0.1) is 0 Å². The van der Waals surface area contributed by atoms with Gasteiger partial charge in [0, 0.05) is 33.1 Å². The molecular formula is C14H18N2O3. The molecule has 1 aromatic rings. The van der Waals surface area contributed by atoms with E-state index < -0.39 is 5.97 Å². The van der Waals surface area contributed by atoms with Gasteiger partial charge in [-0.2, -0.15) is 0 Å². The normalized spacial score (nSPS) is 16.2. The Bertz CT molecular complexity index is 479. The molecule has 1 heterocycles. The molecule has 1 aliphatic rings. The van der Waals surface area contributed by atoms with Gasteiger partial charge in [0.1, 0.15) is 5.75 Å². The highest BCUT2D eigenvalue weighted by Crippen LogP contribution is 2.20. The molecule has 0 N–H and O–H groups in total. The standard InChI is InChI=1S/C14H18N2O3/c1-11(17)19-13-6-4-3-5-12(13)14(18)16-9-7-15(2)8-10-16/h3-6H,7-10H2,1-2H3. The third-order valence-electron chi connectivity index (χ3n) is 3.16. The number of amides is 1. The maximum atomic E-state index is 12.4. The van der Waals surface area contributed by atoms with Crippen LogP contribution in [0.3, 0.4) is 0 Å². The van der Waals surface area contributed by atoms with E-state index in [-0.39, 0.29) is 5.91 Å². The fraction of sp³-hybridized carbons (Fsp3) is 0.429. The summed E-state index contributed by atoms with van der Waals surface area (Å²) in [5, 5.41) is 0. The lowest BCUT2D eigenvalue weighted by Gasteiger charge is -2.32. The van der Waals surface area contributed by atoms with Gasteiger partial charge in [-0.1, -0.05) is 12.1 Å². The summed E-state index contributed by atoms with van der Waals surface area (Å²) in [7, 11) is 2.04. The van der Waals surface area contributed by atoms with Gasteiger partial charge >= 0.3 is 5.97 Å². The number of hydrogen-bond donors (Lipinski definition) is 0. The molecule has 0 spiro atoms. The van der Waals surface area contributed by atoms with Crippen LogP contribution < -0.4 is 4.74 Å². The fourth-order valence-corrected chi connectivity index (χ4v) is 2.07. The maximum Gasteiger partial charge on any atom is 0.308 e. The topological polar surface area (TPSA) is 49.9 Å². The molecule has 1 saturated heterocycles. The van der Waals surface area contributed by atoms with E-state index in [1.165, 1.54) is 6.92 Å². The van der Waals surface area contributed by atoms with E-state index in [4.69, 9.17) is 4.74 Å². The smallest absolute Gasteiger partial charge is 0.308 e. The summed E-state index contributed by atoms with van der Waals surface area (Å²) >= 11 is 0. The van der Waals surface area contributed by atoms with E-state index in [1.54, 1.807) is 29.2 Å². The van der Waals surface area contributed by atoms with Crippen molar-refractivity contribution in [3.05, 3.63) is 29.8 Å². The van der Waals surface area contributed by atoms with Crippen LogP contribution in [0.1, 0.15) is 17.3 Å². The van der Waals surface area contributed by atoms with Gasteiger partial charge in [-0.15, -0.1) is 0 Å². The largest absolute Gasteiger partial charge is 0.426 e. The number of carbonyl (C=O) groups excluding carboxylic acids is 2. The molecule has 1 amide bonds. The van der Waals surface area contributed by atoms with Crippen molar-refractivity contribution in [1.82, 2.24) is 9.80 Å². The van der Waals surface area contributed by atoms with Crippen LogP contribution in [0.25, 0.3) is 0 Å². The first-order valence-electron chi connectivity index (χ1n) is 6.33. The van der Waals surface area contributed by atoms with E-state index in [0.717, 1.165) is 13.1 Å². The minimum absolute atomic E-state index is 0.0787. The molecule has 1 aromatic carbocycles. The highest BCUT2D eigenvalue weighted by Gasteiger charge is 2.23. The Morgan fingerprint density at radius 3 is 2.37 bits per heavy atom. The van der Waals surface area contributed by atoms with Crippen LogP contribution in [-0.2, 0) is 4.79 Å². The van der Waals surface area contributed by atoms with Crippen LogP contribution in [0.5, 0.6) is 5.75 Å². The first-order valence-corrected chi connectivity index (χ1v) is 6.33. The van der Waals surface area contributed by atoms with Crippen molar-refractivity contribution in [3.63, 3.8) is 0 Å². The number of para-hydroxylation sites is 1. The molecule has 0 aliphatic carbocycles.